The molecule has 2 atom stereocenters. The van der Waals surface area contributed by atoms with Gasteiger partial charge in [0.15, 0.2) is 0 Å². The number of amides is 3. The number of aryl methyl sites for hydroxylation is 1. The Morgan fingerprint density at radius 1 is 0.972 bits per heavy atom. The lowest BCUT2D eigenvalue weighted by molar-refractivity contribution is -0.142. The van der Waals surface area contributed by atoms with Gasteiger partial charge in [0, 0.05) is 19.5 Å². The van der Waals surface area contributed by atoms with Gasteiger partial charge in [-0.1, -0.05) is 73.5 Å². The van der Waals surface area contributed by atoms with Gasteiger partial charge in [0.25, 0.3) is 0 Å². The molecule has 0 aliphatic carbocycles. The lowest BCUT2D eigenvalue weighted by Crippen LogP contribution is -2.53. The monoisotopic (exact) mass is 495 g/mol. The van der Waals surface area contributed by atoms with Crippen LogP contribution in [0.5, 0.6) is 0 Å². The van der Waals surface area contributed by atoms with E-state index >= 15 is 0 Å². The van der Waals surface area contributed by atoms with E-state index in [-0.39, 0.29) is 18.2 Å². The second-order valence-electron chi connectivity index (χ2n) is 9.97. The highest BCUT2D eigenvalue weighted by atomic mass is 16.6. The highest BCUT2D eigenvalue weighted by Gasteiger charge is 2.35. The molecule has 0 radical (unpaired) electrons. The number of hydrogen-bond donors (Lipinski definition) is 2. The summed E-state index contributed by atoms with van der Waals surface area (Å²) in [6.07, 6.45) is 1.40. The van der Waals surface area contributed by atoms with Gasteiger partial charge in [0.1, 0.15) is 17.7 Å². The second kappa shape index (κ2) is 13.7. The molecule has 2 aromatic carbocycles. The van der Waals surface area contributed by atoms with E-state index in [4.69, 9.17) is 4.74 Å². The van der Waals surface area contributed by atoms with Crippen LogP contribution in [-0.4, -0.2) is 47.5 Å². The molecule has 36 heavy (non-hydrogen) atoms. The summed E-state index contributed by atoms with van der Waals surface area (Å²) < 4.78 is 5.44. The molecule has 0 aliphatic heterocycles. The first-order chi connectivity index (χ1) is 17.1. The molecule has 2 unspecified atom stereocenters. The Bertz CT molecular complexity index is 984. The number of carbonyl (C=O) groups excluding carboxylic acids is 3. The van der Waals surface area contributed by atoms with E-state index in [1.807, 2.05) is 68.4 Å². The summed E-state index contributed by atoms with van der Waals surface area (Å²) in [5, 5.41) is 5.74. The highest BCUT2D eigenvalue weighted by molar-refractivity contribution is 5.92. The molecule has 0 heterocycles. The van der Waals surface area contributed by atoms with Crippen LogP contribution >= 0.6 is 0 Å². The van der Waals surface area contributed by atoms with Crippen LogP contribution in [0.25, 0.3) is 0 Å². The number of alkyl carbamates (subject to hydrolysis) is 1. The van der Waals surface area contributed by atoms with Crippen molar-refractivity contribution in [1.82, 2.24) is 15.5 Å². The van der Waals surface area contributed by atoms with E-state index in [1.165, 1.54) is 4.90 Å². The zero-order chi connectivity index (χ0) is 26.7. The van der Waals surface area contributed by atoms with Gasteiger partial charge in [-0.15, -0.1) is 0 Å². The van der Waals surface area contributed by atoms with Crippen molar-refractivity contribution >= 4 is 17.9 Å². The molecule has 2 N–H and O–H groups in total. The number of carbonyl (C=O) groups is 3. The normalized spacial score (nSPS) is 12.8. The second-order valence-corrected chi connectivity index (χ2v) is 9.97. The molecule has 0 saturated heterocycles. The third-order valence-corrected chi connectivity index (χ3v) is 5.68. The Hall–Kier alpha value is -3.35. The van der Waals surface area contributed by atoms with Gasteiger partial charge in [0.05, 0.1) is 0 Å². The number of rotatable bonds is 11. The fraction of sp³-hybridized carbons (Fsp3) is 0.483. The minimum Gasteiger partial charge on any atom is -0.444 e. The van der Waals surface area contributed by atoms with E-state index in [2.05, 4.69) is 17.6 Å². The van der Waals surface area contributed by atoms with Crippen LogP contribution in [-0.2, 0) is 20.7 Å². The summed E-state index contributed by atoms with van der Waals surface area (Å²) in [6.45, 7) is 12.0. The van der Waals surface area contributed by atoms with Crippen LogP contribution in [0.2, 0.25) is 0 Å². The SMILES string of the molecule is CCCCNC(=O)C(c1ccc(C)cc1)N(CC)C(=O)C(Cc1ccccc1)NC(=O)OC(C)(C)C. The van der Waals surface area contributed by atoms with Crippen molar-refractivity contribution in [3.05, 3.63) is 71.3 Å². The van der Waals surface area contributed by atoms with Gasteiger partial charge in [-0.2, -0.15) is 0 Å². The fourth-order valence-corrected chi connectivity index (χ4v) is 3.87. The molecule has 0 bridgehead atoms. The maximum atomic E-state index is 14.0. The van der Waals surface area contributed by atoms with E-state index in [0.29, 0.717) is 13.1 Å². The maximum Gasteiger partial charge on any atom is 0.408 e. The minimum atomic E-state index is -0.904. The summed E-state index contributed by atoms with van der Waals surface area (Å²) in [4.78, 5) is 41.6. The number of nitrogens with one attached hydrogen (secondary N) is 2. The zero-order valence-electron chi connectivity index (χ0n) is 22.5. The first-order valence-electron chi connectivity index (χ1n) is 12.7. The topological polar surface area (TPSA) is 87.7 Å². The molecule has 0 spiro atoms. The Morgan fingerprint density at radius 2 is 1.61 bits per heavy atom. The quantitative estimate of drug-likeness (QED) is 0.433. The van der Waals surface area contributed by atoms with Crippen molar-refractivity contribution in [2.45, 2.75) is 78.5 Å². The average Bonchev–Trinajstić information content (AvgIpc) is 2.82. The molecule has 2 rings (SSSR count). The lowest BCUT2D eigenvalue weighted by atomic mass is 9.99. The number of nitrogens with zero attached hydrogens (tertiary/aromatic N) is 1. The third-order valence-electron chi connectivity index (χ3n) is 5.68. The van der Waals surface area contributed by atoms with Crippen molar-refractivity contribution < 1.29 is 19.1 Å². The highest BCUT2D eigenvalue weighted by Crippen LogP contribution is 2.24. The fourth-order valence-electron chi connectivity index (χ4n) is 3.87. The number of unbranched alkanes of at least 4 members (excludes halogenated alkanes) is 1. The van der Waals surface area contributed by atoms with Crippen LogP contribution in [0.3, 0.4) is 0 Å². The molecule has 0 aromatic heterocycles. The van der Waals surface area contributed by atoms with Crippen molar-refractivity contribution in [2.75, 3.05) is 13.1 Å². The third kappa shape index (κ3) is 9.02. The van der Waals surface area contributed by atoms with E-state index < -0.39 is 23.8 Å². The molecule has 2 aromatic rings. The van der Waals surface area contributed by atoms with Crippen LogP contribution in [0.1, 0.15) is 70.2 Å². The number of ether oxygens (including phenoxy) is 1. The van der Waals surface area contributed by atoms with Gasteiger partial charge in [-0.3, -0.25) is 9.59 Å². The van der Waals surface area contributed by atoms with Gasteiger partial charge < -0.3 is 20.3 Å². The predicted molar refractivity (Wildman–Crippen MR) is 143 cm³/mol. The van der Waals surface area contributed by atoms with E-state index in [1.54, 1.807) is 20.8 Å². The average molecular weight is 496 g/mol. The first kappa shape index (κ1) is 28.9. The number of likely N-dealkylation sites (N-methyl/N-ethyl adjacent to an activating group) is 1. The summed E-state index contributed by atoms with van der Waals surface area (Å²) in [5.74, 6) is -0.582. The summed E-state index contributed by atoms with van der Waals surface area (Å²) in [5.41, 5.74) is 1.97. The first-order valence-corrected chi connectivity index (χ1v) is 12.7. The van der Waals surface area contributed by atoms with Gasteiger partial charge in [-0.25, -0.2) is 4.79 Å². The summed E-state index contributed by atoms with van der Waals surface area (Å²) in [7, 11) is 0. The smallest absolute Gasteiger partial charge is 0.408 e. The molecule has 3 amide bonds. The van der Waals surface area contributed by atoms with Gasteiger partial charge in [0.2, 0.25) is 11.8 Å². The Kier molecular flexibility index (Phi) is 11.0. The molecule has 0 aliphatic rings. The Morgan fingerprint density at radius 3 is 2.17 bits per heavy atom. The molecular weight excluding hydrogens is 454 g/mol. The Balaban J connectivity index is 2.41. The van der Waals surface area contributed by atoms with Crippen molar-refractivity contribution in [2.24, 2.45) is 0 Å². The number of benzene rings is 2. The lowest BCUT2D eigenvalue weighted by Gasteiger charge is -2.34. The largest absolute Gasteiger partial charge is 0.444 e. The van der Waals surface area contributed by atoms with Gasteiger partial charge >= 0.3 is 6.09 Å². The molecule has 0 saturated carbocycles. The minimum absolute atomic E-state index is 0.238. The van der Waals surface area contributed by atoms with Crippen LogP contribution in [0.15, 0.2) is 54.6 Å². The Labute approximate surface area is 215 Å². The molecule has 196 valence electrons. The van der Waals surface area contributed by atoms with E-state index in [0.717, 1.165) is 29.5 Å². The number of hydrogen-bond acceptors (Lipinski definition) is 4. The zero-order valence-corrected chi connectivity index (χ0v) is 22.5. The molecule has 0 fully saturated rings. The summed E-state index contributed by atoms with van der Waals surface area (Å²) in [6, 6.07) is 15.4. The molecular formula is C29H41N3O4. The standard InChI is InChI=1S/C29H41N3O4/c1-7-9-19-30-26(33)25(23-17-15-21(3)16-18-23)32(8-2)27(34)24(20-22-13-11-10-12-14-22)31-28(35)36-29(4,5)6/h10-18,24-25H,7-9,19-20H2,1-6H3,(H,30,33)(H,31,35). The maximum absolute atomic E-state index is 14.0. The van der Waals surface area contributed by atoms with Crippen LogP contribution < -0.4 is 10.6 Å². The van der Waals surface area contributed by atoms with Crippen molar-refractivity contribution in [1.29, 1.82) is 0 Å². The molecule has 7 nitrogen and oxygen atoms in total. The van der Waals surface area contributed by atoms with Crippen LogP contribution in [0, 0.1) is 6.92 Å². The van der Waals surface area contributed by atoms with Gasteiger partial charge in [-0.05, 0) is 52.2 Å². The predicted octanol–water partition coefficient (Wildman–Crippen LogP) is 4.94. The van der Waals surface area contributed by atoms with Crippen molar-refractivity contribution in [3.63, 3.8) is 0 Å². The van der Waals surface area contributed by atoms with E-state index in [9.17, 15) is 14.4 Å². The van der Waals surface area contributed by atoms with Crippen molar-refractivity contribution in [3.8, 4) is 0 Å². The van der Waals surface area contributed by atoms with Crippen LogP contribution in [0.4, 0.5) is 4.79 Å². The molecule has 7 heteroatoms. The summed E-state index contributed by atoms with van der Waals surface area (Å²) >= 11 is 0.